The summed E-state index contributed by atoms with van der Waals surface area (Å²) in [6.45, 7) is 0. The van der Waals surface area contributed by atoms with Crippen LogP contribution in [-0.4, -0.2) is 22.8 Å². The summed E-state index contributed by atoms with van der Waals surface area (Å²) in [6, 6.07) is 2.55. The largest absolute Gasteiger partial charge is 0.416 e. The highest BCUT2D eigenvalue weighted by Crippen LogP contribution is 2.31. The van der Waals surface area contributed by atoms with Crippen LogP contribution in [0.4, 0.5) is 13.2 Å². The zero-order chi connectivity index (χ0) is 15.8. The third-order valence-corrected chi connectivity index (χ3v) is 3.63. The van der Waals surface area contributed by atoms with E-state index in [9.17, 15) is 27.6 Å². The lowest BCUT2D eigenvalue weighted by Gasteiger charge is -2.14. The Hall–Kier alpha value is -1.65. The molecule has 1 aromatic rings. The molecule has 0 spiro atoms. The Bertz CT molecular complexity index is 613. The Morgan fingerprint density at radius 2 is 1.76 bits per heavy atom. The van der Waals surface area contributed by atoms with Gasteiger partial charge in [0.05, 0.1) is 11.1 Å². The van der Waals surface area contributed by atoms with Crippen LogP contribution in [0.5, 0.6) is 0 Å². The van der Waals surface area contributed by atoms with Crippen molar-refractivity contribution in [1.82, 2.24) is 5.06 Å². The van der Waals surface area contributed by atoms with Crippen LogP contribution < -0.4 is 0 Å². The molecule has 2 rings (SSSR count). The summed E-state index contributed by atoms with van der Waals surface area (Å²) in [5.41, 5.74) is -1.38. The van der Waals surface area contributed by atoms with E-state index in [2.05, 4.69) is 4.84 Å². The van der Waals surface area contributed by atoms with Crippen molar-refractivity contribution in [3.8, 4) is 0 Å². The molecule has 1 fully saturated rings. The molecular formula is C12H7F3INO4. The van der Waals surface area contributed by atoms with Gasteiger partial charge in [-0.15, -0.1) is 5.06 Å². The first-order valence-corrected chi connectivity index (χ1v) is 6.73. The van der Waals surface area contributed by atoms with Crippen LogP contribution in [0.3, 0.4) is 0 Å². The van der Waals surface area contributed by atoms with Crippen molar-refractivity contribution in [2.75, 3.05) is 0 Å². The van der Waals surface area contributed by atoms with Crippen LogP contribution >= 0.6 is 22.6 Å². The summed E-state index contributed by atoms with van der Waals surface area (Å²) in [4.78, 5) is 39.1. The molecule has 1 aliphatic rings. The van der Waals surface area contributed by atoms with Gasteiger partial charge < -0.3 is 4.84 Å². The molecule has 112 valence electrons. The normalized spacial score (nSPS) is 15.5. The van der Waals surface area contributed by atoms with Gasteiger partial charge in [0.2, 0.25) is 0 Å². The van der Waals surface area contributed by atoms with Gasteiger partial charge in [-0.2, -0.15) is 13.2 Å². The first kappa shape index (κ1) is 15.7. The van der Waals surface area contributed by atoms with Gasteiger partial charge in [0.25, 0.3) is 11.8 Å². The van der Waals surface area contributed by atoms with Gasteiger partial charge in [0.1, 0.15) is 0 Å². The van der Waals surface area contributed by atoms with Gasteiger partial charge in [-0.25, -0.2) is 4.79 Å². The van der Waals surface area contributed by atoms with Crippen LogP contribution in [0.25, 0.3) is 0 Å². The molecule has 1 saturated heterocycles. The summed E-state index contributed by atoms with van der Waals surface area (Å²) in [5.74, 6) is -2.58. The molecule has 0 unspecified atom stereocenters. The lowest BCUT2D eigenvalue weighted by Crippen LogP contribution is -2.32. The van der Waals surface area contributed by atoms with Crippen LogP contribution in [0.15, 0.2) is 18.2 Å². The number of alkyl halides is 3. The second-order valence-corrected chi connectivity index (χ2v) is 5.32. The maximum absolute atomic E-state index is 12.6. The molecule has 0 atom stereocenters. The third-order valence-electron chi connectivity index (χ3n) is 2.69. The molecular weight excluding hydrogens is 406 g/mol. The molecule has 0 radical (unpaired) electrons. The van der Waals surface area contributed by atoms with E-state index in [1.54, 1.807) is 22.6 Å². The lowest BCUT2D eigenvalue weighted by molar-refractivity contribution is -0.172. The fourth-order valence-electron chi connectivity index (χ4n) is 1.65. The number of carbonyl (C=O) groups is 3. The van der Waals surface area contributed by atoms with Crippen molar-refractivity contribution < 1.29 is 32.4 Å². The summed E-state index contributed by atoms with van der Waals surface area (Å²) in [5, 5.41) is 0.290. The minimum atomic E-state index is -4.61. The van der Waals surface area contributed by atoms with Gasteiger partial charge in [0.15, 0.2) is 0 Å². The lowest BCUT2D eigenvalue weighted by atomic mass is 10.1. The van der Waals surface area contributed by atoms with Gasteiger partial charge in [0, 0.05) is 16.4 Å². The summed E-state index contributed by atoms with van der Waals surface area (Å²) in [7, 11) is 0. The standard InChI is InChI=1S/C12H7F3INO4/c13-12(14,15)6-1-2-8(16)7(5-6)11(20)21-17-9(18)3-4-10(17)19/h1-2,5H,3-4H2. The molecule has 0 aromatic heterocycles. The molecule has 0 N–H and O–H groups in total. The Morgan fingerprint density at radius 1 is 1.19 bits per heavy atom. The van der Waals surface area contributed by atoms with Gasteiger partial charge >= 0.3 is 12.1 Å². The van der Waals surface area contributed by atoms with Crippen LogP contribution in [0.2, 0.25) is 0 Å². The number of carbonyl (C=O) groups excluding carboxylic acids is 3. The Labute approximate surface area is 130 Å². The van der Waals surface area contributed by atoms with E-state index < -0.39 is 29.5 Å². The maximum Gasteiger partial charge on any atom is 0.416 e. The second kappa shape index (κ2) is 5.62. The summed E-state index contributed by atoms with van der Waals surface area (Å²) >= 11 is 1.66. The number of hydrogen-bond acceptors (Lipinski definition) is 4. The average molecular weight is 413 g/mol. The predicted octanol–water partition coefficient (Wildman–Crippen LogP) is 2.53. The molecule has 21 heavy (non-hydrogen) atoms. The highest BCUT2D eigenvalue weighted by molar-refractivity contribution is 14.1. The number of hydrogen-bond donors (Lipinski definition) is 0. The van der Waals surface area contributed by atoms with Gasteiger partial charge in [-0.05, 0) is 40.8 Å². The molecule has 1 aromatic carbocycles. The highest BCUT2D eigenvalue weighted by Gasteiger charge is 2.35. The van der Waals surface area contributed by atoms with Crippen molar-refractivity contribution in [1.29, 1.82) is 0 Å². The molecule has 0 saturated carbocycles. The Morgan fingerprint density at radius 3 is 2.29 bits per heavy atom. The predicted molar refractivity (Wildman–Crippen MR) is 70.7 cm³/mol. The minimum absolute atomic E-state index is 0.0915. The number of hydroxylamine groups is 2. The molecule has 0 bridgehead atoms. The molecule has 1 aliphatic heterocycles. The fourth-order valence-corrected chi connectivity index (χ4v) is 2.20. The van der Waals surface area contributed by atoms with Crippen LogP contribution in [0.1, 0.15) is 28.8 Å². The Balaban J connectivity index is 2.27. The van der Waals surface area contributed by atoms with Gasteiger partial charge in [-0.3, -0.25) is 9.59 Å². The zero-order valence-corrected chi connectivity index (χ0v) is 12.4. The average Bonchev–Trinajstić information content (AvgIpc) is 2.69. The van der Waals surface area contributed by atoms with E-state index >= 15 is 0 Å². The third kappa shape index (κ3) is 3.34. The van der Waals surface area contributed by atoms with E-state index in [0.29, 0.717) is 11.1 Å². The first-order valence-electron chi connectivity index (χ1n) is 5.65. The van der Waals surface area contributed by atoms with Crippen LogP contribution in [-0.2, 0) is 20.6 Å². The minimum Gasteiger partial charge on any atom is -0.325 e. The van der Waals surface area contributed by atoms with E-state index in [0.717, 1.165) is 12.1 Å². The molecule has 1 heterocycles. The number of amides is 2. The highest BCUT2D eigenvalue weighted by atomic mass is 127. The van der Waals surface area contributed by atoms with Crippen LogP contribution in [0, 0.1) is 3.57 Å². The number of imide groups is 1. The first-order chi connectivity index (χ1) is 9.70. The van der Waals surface area contributed by atoms with E-state index in [1.807, 2.05) is 0 Å². The molecule has 9 heteroatoms. The van der Waals surface area contributed by atoms with E-state index in [1.165, 1.54) is 0 Å². The number of nitrogens with zero attached hydrogens (tertiary/aromatic N) is 1. The monoisotopic (exact) mass is 413 g/mol. The van der Waals surface area contributed by atoms with E-state index in [4.69, 9.17) is 0 Å². The summed E-state index contributed by atoms with van der Waals surface area (Å²) in [6.07, 6.45) is -4.80. The van der Waals surface area contributed by atoms with Crippen molar-refractivity contribution >= 4 is 40.4 Å². The van der Waals surface area contributed by atoms with Gasteiger partial charge in [-0.1, -0.05) is 0 Å². The summed E-state index contributed by atoms with van der Waals surface area (Å²) < 4.78 is 38.1. The Kier molecular flexibility index (Phi) is 4.21. The molecule has 0 aliphatic carbocycles. The van der Waals surface area contributed by atoms with Crippen molar-refractivity contribution in [2.45, 2.75) is 19.0 Å². The maximum atomic E-state index is 12.6. The number of halogens is 4. The van der Waals surface area contributed by atoms with Crippen molar-refractivity contribution in [3.63, 3.8) is 0 Å². The smallest absolute Gasteiger partial charge is 0.325 e. The van der Waals surface area contributed by atoms with Crippen molar-refractivity contribution in [2.24, 2.45) is 0 Å². The number of rotatable bonds is 2. The molecule has 2 amide bonds. The quantitative estimate of drug-likeness (QED) is 0.553. The fraction of sp³-hybridized carbons (Fsp3) is 0.250. The van der Waals surface area contributed by atoms with E-state index in [-0.39, 0.29) is 22.0 Å². The zero-order valence-electron chi connectivity index (χ0n) is 10.2. The SMILES string of the molecule is O=C(ON1C(=O)CCC1=O)c1cc(C(F)(F)F)ccc1I. The molecule has 5 nitrogen and oxygen atoms in total. The second-order valence-electron chi connectivity index (χ2n) is 4.15. The number of benzene rings is 1. The topological polar surface area (TPSA) is 63.7 Å². The van der Waals surface area contributed by atoms with Crippen molar-refractivity contribution in [3.05, 3.63) is 32.9 Å².